The molecular formula is C24H27ClN4O. The number of halogens is 1. The zero-order chi connectivity index (χ0) is 21.3. The quantitative estimate of drug-likeness (QED) is 0.576. The highest BCUT2D eigenvalue weighted by Crippen LogP contribution is 2.31. The summed E-state index contributed by atoms with van der Waals surface area (Å²) in [4.78, 5) is 25.1. The van der Waals surface area contributed by atoms with Gasteiger partial charge in [0, 0.05) is 42.2 Å². The van der Waals surface area contributed by atoms with Gasteiger partial charge in [0.25, 0.3) is 0 Å². The molecule has 1 aromatic heterocycles. The van der Waals surface area contributed by atoms with E-state index in [4.69, 9.17) is 21.6 Å². The number of piperazine rings is 1. The van der Waals surface area contributed by atoms with Gasteiger partial charge in [0.05, 0.1) is 12.1 Å². The van der Waals surface area contributed by atoms with Crippen molar-refractivity contribution in [3.63, 3.8) is 0 Å². The van der Waals surface area contributed by atoms with E-state index in [2.05, 4.69) is 54.8 Å². The number of fused-ring (bicyclic) bond motifs is 1. The number of carbonyl (C=O) groups excluding carboxylic acids is 1. The van der Waals surface area contributed by atoms with Crippen LogP contribution in [0.15, 0.2) is 42.5 Å². The molecule has 2 heterocycles. The third-order valence-corrected chi connectivity index (χ3v) is 5.89. The summed E-state index contributed by atoms with van der Waals surface area (Å²) in [6.45, 7) is 10.4. The van der Waals surface area contributed by atoms with Gasteiger partial charge >= 0.3 is 0 Å². The Morgan fingerprint density at radius 2 is 1.70 bits per heavy atom. The molecule has 0 aliphatic carbocycles. The van der Waals surface area contributed by atoms with Crippen molar-refractivity contribution in [3.8, 4) is 11.4 Å². The average Bonchev–Trinajstić information content (AvgIpc) is 2.73. The summed E-state index contributed by atoms with van der Waals surface area (Å²) in [6.07, 6.45) is 0.967. The molecular weight excluding hydrogens is 396 g/mol. The maximum Gasteiger partial charge on any atom is 0.162 e. The lowest BCUT2D eigenvalue weighted by Crippen LogP contribution is -2.47. The highest BCUT2D eigenvalue weighted by molar-refractivity contribution is 6.31. The Bertz CT molecular complexity index is 1050. The van der Waals surface area contributed by atoms with Crippen LogP contribution in [0.4, 0.5) is 5.82 Å². The monoisotopic (exact) mass is 422 g/mol. The molecule has 0 N–H and O–H groups in total. The summed E-state index contributed by atoms with van der Waals surface area (Å²) < 4.78 is 0. The third-order valence-electron chi connectivity index (χ3n) is 5.65. The molecule has 0 amide bonds. The number of benzene rings is 2. The zero-order valence-electron chi connectivity index (χ0n) is 17.7. The molecule has 1 aliphatic rings. The molecule has 0 atom stereocenters. The maximum atomic E-state index is 10.8. The second kappa shape index (κ2) is 8.32. The Hall–Kier alpha value is -2.50. The Kier molecular flexibility index (Phi) is 5.76. The highest BCUT2D eigenvalue weighted by Gasteiger charge is 2.21. The van der Waals surface area contributed by atoms with Crippen LogP contribution in [0.3, 0.4) is 0 Å². The summed E-state index contributed by atoms with van der Waals surface area (Å²) in [7, 11) is 0. The number of aromatic nitrogens is 2. The summed E-state index contributed by atoms with van der Waals surface area (Å²) in [5, 5.41) is 1.63. The van der Waals surface area contributed by atoms with Crippen molar-refractivity contribution in [1.82, 2.24) is 14.9 Å². The van der Waals surface area contributed by atoms with Crippen LogP contribution in [0.5, 0.6) is 0 Å². The van der Waals surface area contributed by atoms with Gasteiger partial charge in [0.1, 0.15) is 12.1 Å². The van der Waals surface area contributed by atoms with Crippen molar-refractivity contribution in [2.45, 2.75) is 26.2 Å². The molecule has 30 heavy (non-hydrogen) atoms. The van der Waals surface area contributed by atoms with Crippen molar-refractivity contribution < 1.29 is 4.79 Å². The molecule has 0 unspecified atom stereocenters. The number of anilines is 1. The van der Waals surface area contributed by atoms with Crippen LogP contribution < -0.4 is 4.90 Å². The smallest absolute Gasteiger partial charge is 0.162 e. The van der Waals surface area contributed by atoms with Crippen LogP contribution >= 0.6 is 11.6 Å². The lowest BCUT2D eigenvalue weighted by atomic mass is 9.87. The van der Waals surface area contributed by atoms with Crippen LogP contribution in [-0.4, -0.2) is 53.9 Å². The molecule has 4 rings (SSSR count). The van der Waals surface area contributed by atoms with E-state index in [1.54, 1.807) is 0 Å². The lowest BCUT2D eigenvalue weighted by Gasteiger charge is -2.35. The van der Waals surface area contributed by atoms with Crippen molar-refractivity contribution >= 4 is 34.6 Å². The summed E-state index contributed by atoms with van der Waals surface area (Å²) in [6, 6.07) is 14.3. The molecule has 6 heteroatoms. The second-order valence-corrected chi connectivity index (χ2v) is 9.25. The zero-order valence-corrected chi connectivity index (χ0v) is 18.5. The molecule has 2 aromatic carbocycles. The fourth-order valence-corrected chi connectivity index (χ4v) is 3.99. The Balaban J connectivity index is 1.74. The van der Waals surface area contributed by atoms with Gasteiger partial charge in [0.15, 0.2) is 5.82 Å². The molecule has 1 fully saturated rings. The molecule has 1 aliphatic heterocycles. The summed E-state index contributed by atoms with van der Waals surface area (Å²) in [5.41, 5.74) is 3.27. The number of carbonyl (C=O) groups is 1. The minimum Gasteiger partial charge on any atom is -0.353 e. The van der Waals surface area contributed by atoms with Crippen LogP contribution in [0.2, 0.25) is 5.02 Å². The van der Waals surface area contributed by atoms with Crippen molar-refractivity contribution in [3.05, 3.63) is 53.1 Å². The van der Waals surface area contributed by atoms with Gasteiger partial charge < -0.3 is 9.69 Å². The van der Waals surface area contributed by atoms with Gasteiger partial charge in [0.2, 0.25) is 0 Å². The molecule has 5 nitrogen and oxygen atoms in total. The lowest BCUT2D eigenvalue weighted by molar-refractivity contribution is -0.108. The maximum absolute atomic E-state index is 10.8. The average molecular weight is 423 g/mol. The molecule has 156 valence electrons. The van der Waals surface area contributed by atoms with E-state index in [1.807, 2.05) is 18.2 Å². The van der Waals surface area contributed by atoms with E-state index in [1.165, 1.54) is 5.56 Å². The summed E-state index contributed by atoms with van der Waals surface area (Å²) in [5.74, 6) is 1.62. The first-order valence-electron chi connectivity index (χ1n) is 10.3. The van der Waals surface area contributed by atoms with E-state index in [-0.39, 0.29) is 5.41 Å². The molecule has 0 bridgehead atoms. The number of aldehydes is 1. The largest absolute Gasteiger partial charge is 0.353 e. The van der Waals surface area contributed by atoms with Gasteiger partial charge in [-0.15, -0.1) is 0 Å². The number of hydrogen-bond donors (Lipinski definition) is 0. The van der Waals surface area contributed by atoms with Crippen LogP contribution in [0.25, 0.3) is 22.3 Å². The van der Waals surface area contributed by atoms with E-state index in [0.29, 0.717) is 11.6 Å². The van der Waals surface area contributed by atoms with Gasteiger partial charge in [-0.25, -0.2) is 9.97 Å². The van der Waals surface area contributed by atoms with E-state index in [9.17, 15) is 4.79 Å². The van der Waals surface area contributed by atoms with Crippen molar-refractivity contribution in [2.75, 3.05) is 37.6 Å². The van der Waals surface area contributed by atoms with Crippen LogP contribution in [0.1, 0.15) is 26.3 Å². The standard InChI is InChI=1S/C24H27ClN4O/c1-24(2,3)18-6-4-17(5-7-18)22-26-21-9-8-19(25)16-20(21)23(27-22)29-12-10-28(11-13-29)14-15-30/h4-9,15-16H,10-14H2,1-3H3. The predicted molar refractivity (Wildman–Crippen MR) is 123 cm³/mol. The first-order chi connectivity index (χ1) is 14.3. The minimum absolute atomic E-state index is 0.103. The van der Waals surface area contributed by atoms with Crippen LogP contribution in [0, 0.1) is 0 Å². The van der Waals surface area contributed by atoms with Crippen molar-refractivity contribution in [1.29, 1.82) is 0 Å². The topological polar surface area (TPSA) is 49.3 Å². The van der Waals surface area contributed by atoms with Crippen molar-refractivity contribution in [2.24, 2.45) is 0 Å². The molecule has 0 spiro atoms. The second-order valence-electron chi connectivity index (χ2n) is 8.81. The third kappa shape index (κ3) is 4.32. The predicted octanol–water partition coefficient (Wildman–Crippen LogP) is 4.57. The minimum atomic E-state index is 0.103. The van der Waals surface area contributed by atoms with Gasteiger partial charge in [-0.2, -0.15) is 0 Å². The Labute approximate surface area is 182 Å². The number of nitrogens with zero attached hydrogens (tertiary/aromatic N) is 4. The number of rotatable bonds is 4. The van der Waals surface area contributed by atoms with Gasteiger partial charge in [-0.05, 0) is 29.2 Å². The number of hydrogen-bond acceptors (Lipinski definition) is 5. The van der Waals surface area contributed by atoms with E-state index < -0.39 is 0 Å². The first-order valence-corrected chi connectivity index (χ1v) is 10.7. The first kappa shape index (κ1) is 20.8. The Morgan fingerprint density at radius 1 is 1.00 bits per heavy atom. The molecule has 3 aromatic rings. The fourth-order valence-electron chi connectivity index (χ4n) is 3.82. The molecule has 0 saturated carbocycles. The van der Waals surface area contributed by atoms with E-state index in [0.717, 1.165) is 60.6 Å². The SMILES string of the molecule is CC(C)(C)c1ccc(-c2nc(N3CCN(CC=O)CC3)c3cc(Cl)ccc3n2)cc1. The van der Waals surface area contributed by atoms with Gasteiger partial charge in [-0.1, -0.05) is 56.6 Å². The van der Waals surface area contributed by atoms with Crippen LogP contribution in [-0.2, 0) is 10.2 Å². The molecule has 1 saturated heterocycles. The highest BCUT2D eigenvalue weighted by atomic mass is 35.5. The normalized spacial score (nSPS) is 15.5. The van der Waals surface area contributed by atoms with E-state index >= 15 is 0 Å². The van der Waals surface area contributed by atoms with Gasteiger partial charge in [-0.3, -0.25) is 4.90 Å². The Morgan fingerprint density at radius 3 is 2.33 bits per heavy atom. The fraction of sp³-hybridized carbons (Fsp3) is 0.375. The summed E-state index contributed by atoms with van der Waals surface area (Å²) >= 11 is 6.29. The molecule has 0 radical (unpaired) electrons.